The Morgan fingerprint density at radius 2 is 1.63 bits per heavy atom. The predicted molar refractivity (Wildman–Crippen MR) is 107 cm³/mol. The van der Waals surface area contributed by atoms with Crippen molar-refractivity contribution >= 4 is 21.8 Å². The van der Waals surface area contributed by atoms with Gasteiger partial charge in [0.25, 0.3) is 5.91 Å². The fourth-order valence-electron chi connectivity index (χ4n) is 2.51. The molecule has 2 aromatic carbocycles. The number of benzene rings is 2. The van der Waals surface area contributed by atoms with Crippen molar-refractivity contribution in [3.63, 3.8) is 0 Å². The van der Waals surface area contributed by atoms with E-state index in [2.05, 4.69) is 28.2 Å². The molecule has 0 unspecified atom stereocenters. The van der Waals surface area contributed by atoms with E-state index in [0.717, 1.165) is 16.5 Å². The Labute approximate surface area is 167 Å². The summed E-state index contributed by atoms with van der Waals surface area (Å²) >= 11 is 3.46. The molecule has 27 heavy (non-hydrogen) atoms. The Hall–Kier alpha value is -2.41. The van der Waals surface area contributed by atoms with Gasteiger partial charge in [-0.3, -0.25) is 4.79 Å². The maximum Gasteiger partial charge on any atom is 0.258 e. The van der Waals surface area contributed by atoms with Crippen LogP contribution < -0.4 is 24.3 Å². The predicted octanol–water partition coefficient (Wildman–Crippen LogP) is 3.73. The second kappa shape index (κ2) is 10.1. The van der Waals surface area contributed by atoms with Crippen LogP contribution >= 0.6 is 15.9 Å². The molecule has 146 valence electrons. The summed E-state index contributed by atoms with van der Waals surface area (Å²) in [7, 11) is 4.65. The minimum Gasteiger partial charge on any atom is -0.493 e. The van der Waals surface area contributed by atoms with E-state index in [1.54, 1.807) is 33.5 Å². The van der Waals surface area contributed by atoms with E-state index in [1.807, 2.05) is 18.2 Å². The van der Waals surface area contributed by atoms with Crippen molar-refractivity contribution in [1.29, 1.82) is 0 Å². The van der Waals surface area contributed by atoms with Crippen molar-refractivity contribution in [1.82, 2.24) is 5.32 Å². The standard InChI is InChI=1S/C20H24BrNO5/c1-5-13-6-7-16(15(21)8-13)27-12-19(23)22-11-14-9-17(24-2)20(26-4)18(10-14)25-3/h6-10H,5,11-12H2,1-4H3,(H,22,23). The van der Waals surface area contributed by atoms with Crippen LogP contribution in [0.2, 0.25) is 0 Å². The van der Waals surface area contributed by atoms with Crippen LogP contribution in [0, 0.1) is 0 Å². The molecular weight excluding hydrogens is 414 g/mol. The van der Waals surface area contributed by atoms with E-state index in [9.17, 15) is 4.79 Å². The molecule has 0 aromatic heterocycles. The van der Waals surface area contributed by atoms with Gasteiger partial charge in [-0.15, -0.1) is 0 Å². The Bertz CT molecular complexity index is 769. The first kappa shape index (κ1) is 20.9. The van der Waals surface area contributed by atoms with Gasteiger partial charge in [-0.2, -0.15) is 0 Å². The van der Waals surface area contributed by atoms with Gasteiger partial charge < -0.3 is 24.3 Å². The van der Waals surface area contributed by atoms with Crippen molar-refractivity contribution in [3.05, 3.63) is 45.9 Å². The topological polar surface area (TPSA) is 66.0 Å². The van der Waals surface area contributed by atoms with Crippen molar-refractivity contribution < 1.29 is 23.7 Å². The molecule has 6 nitrogen and oxygen atoms in total. The van der Waals surface area contributed by atoms with E-state index in [-0.39, 0.29) is 12.5 Å². The Morgan fingerprint density at radius 1 is 0.963 bits per heavy atom. The van der Waals surface area contributed by atoms with Gasteiger partial charge in [0, 0.05) is 6.54 Å². The minimum absolute atomic E-state index is 0.0749. The molecule has 1 N–H and O–H groups in total. The Balaban J connectivity index is 1.95. The van der Waals surface area contributed by atoms with Gasteiger partial charge in [-0.25, -0.2) is 0 Å². The van der Waals surface area contributed by atoms with Crippen LogP contribution in [0.5, 0.6) is 23.0 Å². The number of methoxy groups -OCH3 is 3. The number of carbonyl (C=O) groups is 1. The quantitative estimate of drug-likeness (QED) is 0.647. The lowest BCUT2D eigenvalue weighted by atomic mass is 10.1. The van der Waals surface area contributed by atoms with Crippen LogP contribution in [-0.4, -0.2) is 33.8 Å². The molecule has 0 saturated heterocycles. The first-order valence-corrected chi connectivity index (χ1v) is 9.28. The summed E-state index contributed by atoms with van der Waals surface area (Å²) in [5, 5.41) is 2.82. The highest BCUT2D eigenvalue weighted by Crippen LogP contribution is 2.38. The van der Waals surface area contributed by atoms with Crippen LogP contribution in [0.1, 0.15) is 18.1 Å². The van der Waals surface area contributed by atoms with Gasteiger partial charge in [0.2, 0.25) is 5.75 Å². The summed E-state index contributed by atoms with van der Waals surface area (Å²) in [6.45, 7) is 2.32. The smallest absolute Gasteiger partial charge is 0.258 e. The van der Waals surface area contributed by atoms with Crippen LogP contribution in [-0.2, 0) is 17.8 Å². The molecule has 0 aliphatic heterocycles. The second-order valence-electron chi connectivity index (χ2n) is 5.72. The molecule has 0 aliphatic rings. The highest BCUT2D eigenvalue weighted by atomic mass is 79.9. The molecule has 7 heteroatoms. The lowest BCUT2D eigenvalue weighted by Gasteiger charge is -2.14. The van der Waals surface area contributed by atoms with Crippen LogP contribution in [0.3, 0.4) is 0 Å². The molecule has 0 fully saturated rings. The first-order valence-electron chi connectivity index (χ1n) is 8.49. The summed E-state index contributed by atoms with van der Waals surface area (Å²) in [5.74, 6) is 2.00. The van der Waals surface area contributed by atoms with Gasteiger partial charge in [-0.05, 0) is 57.7 Å². The number of halogens is 1. The largest absolute Gasteiger partial charge is 0.493 e. The highest BCUT2D eigenvalue weighted by Gasteiger charge is 2.14. The average molecular weight is 438 g/mol. The summed E-state index contributed by atoms with van der Waals surface area (Å²) < 4.78 is 22.3. The van der Waals surface area contributed by atoms with Crippen molar-refractivity contribution in [3.8, 4) is 23.0 Å². The number of nitrogens with one attached hydrogen (secondary N) is 1. The molecule has 1 amide bonds. The van der Waals surface area contributed by atoms with Gasteiger partial charge >= 0.3 is 0 Å². The molecule has 0 atom stereocenters. The zero-order valence-corrected chi connectivity index (χ0v) is 17.5. The number of hydrogen-bond acceptors (Lipinski definition) is 5. The number of amides is 1. The number of hydrogen-bond donors (Lipinski definition) is 1. The van der Waals surface area contributed by atoms with Gasteiger partial charge in [0.15, 0.2) is 18.1 Å². The maximum absolute atomic E-state index is 12.1. The molecule has 0 heterocycles. The normalized spacial score (nSPS) is 10.3. The third kappa shape index (κ3) is 5.53. The first-order chi connectivity index (χ1) is 13.0. The van der Waals surface area contributed by atoms with Gasteiger partial charge in [0.05, 0.1) is 25.8 Å². The summed E-state index contributed by atoms with van der Waals surface area (Å²) in [6, 6.07) is 9.41. The van der Waals surface area contributed by atoms with Crippen LogP contribution in [0.4, 0.5) is 0 Å². The monoisotopic (exact) mass is 437 g/mol. The van der Waals surface area contributed by atoms with Gasteiger partial charge in [-0.1, -0.05) is 13.0 Å². The Kier molecular flexibility index (Phi) is 7.79. The summed E-state index contributed by atoms with van der Waals surface area (Å²) in [4.78, 5) is 12.1. The van der Waals surface area contributed by atoms with Crippen LogP contribution in [0.15, 0.2) is 34.8 Å². The van der Waals surface area contributed by atoms with E-state index in [4.69, 9.17) is 18.9 Å². The highest BCUT2D eigenvalue weighted by molar-refractivity contribution is 9.10. The number of rotatable bonds is 9. The van der Waals surface area contributed by atoms with Crippen molar-refractivity contribution in [2.24, 2.45) is 0 Å². The molecule has 0 bridgehead atoms. The number of carbonyl (C=O) groups excluding carboxylic acids is 1. The van der Waals surface area contributed by atoms with Crippen molar-refractivity contribution in [2.45, 2.75) is 19.9 Å². The lowest BCUT2D eigenvalue weighted by molar-refractivity contribution is -0.123. The summed E-state index contributed by atoms with van der Waals surface area (Å²) in [6.07, 6.45) is 0.939. The second-order valence-corrected chi connectivity index (χ2v) is 6.57. The SMILES string of the molecule is CCc1ccc(OCC(=O)NCc2cc(OC)c(OC)c(OC)c2)c(Br)c1. The zero-order chi connectivity index (χ0) is 19.8. The zero-order valence-electron chi connectivity index (χ0n) is 15.9. The van der Waals surface area contributed by atoms with Crippen LogP contribution in [0.25, 0.3) is 0 Å². The maximum atomic E-state index is 12.1. The average Bonchev–Trinajstić information content (AvgIpc) is 2.70. The third-order valence-electron chi connectivity index (χ3n) is 3.98. The molecule has 2 rings (SSSR count). The minimum atomic E-state index is -0.227. The fraction of sp³-hybridized carbons (Fsp3) is 0.350. The number of ether oxygens (including phenoxy) is 4. The number of aryl methyl sites for hydroxylation is 1. The van der Waals surface area contributed by atoms with E-state index < -0.39 is 0 Å². The molecule has 0 saturated carbocycles. The lowest BCUT2D eigenvalue weighted by Crippen LogP contribution is -2.28. The molecule has 0 spiro atoms. The fourth-order valence-corrected chi connectivity index (χ4v) is 3.05. The molecule has 0 radical (unpaired) electrons. The Morgan fingerprint density at radius 3 is 2.15 bits per heavy atom. The third-order valence-corrected chi connectivity index (χ3v) is 4.60. The molecule has 2 aromatic rings. The van der Waals surface area contributed by atoms with E-state index in [0.29, 0.717) is 29.5 Å². The van der Waals surface area contributed by atoms with E-state index in [1.165, 1.54) is 5.56 Å². The van der Waals surface area contributed by atoms with Gasteiger partial charge in [0.1, 0.15) is 5.75 Å². The molecule has 0 aliphatic carbocycles. The van der Waals surface area contributed by atoms with E-state index >= 15 is 0 Å². The van der Waals surface area contributed by atoms with Crippen molar-refractivity contribution in [2.75, 3.05) is 27.9 Å². The summed E-state index contributed by atoms with van der Waals surface area (Å²) in [5.41, 5.74) is 2.02. The molecular formula is C20H24BrNO5.